The second kappa shape index (κ2) is 5.79. The lowest BCUT2D eigenvalue weighted by Crippen LogP contribution is -2.15. The van der Waals surface area contributed by atoms with E-state index in [2.05, 4.69) is 15.3 Å². The lowest BCUT2D eigenvalue weighted by molar-refractivity contribution is 0.0690. The van der Waals surface area contributed by atoms with Crippen LogP contribution in [0.25, 0.3) is 11.3 Å². The van der Waals surface area contributed by atoms with Gasteiger partial charge in [-0.05, 0) is 30.5 Å². The van der Waals surface area contributed by atoms with Gasteiger partial charge in [0.05, 0.1) is 5.69 Å². The predicted octanol–water partition coefficient (Wildman–Crippen LogP) is 2.75. The summed E-state index contributed by atoms with van der Waals surface area (Å²) in [6.45, 7) is 0.744. The first-order valence-electron chi connectivity index (χ1n) is 6.71. The van der Waals surface area contributed by atoms with Gasteiger partial charge in [0.1, 0.15) is 6.33 Å². The van der Waals surface area contributed by atoms with Gasteiger partial charge in [-0.25, -0.2) is 14.8 Å². The summed E-state index contributed by atoms with van der Waals surface area (Å²) in [5.41, 5.74) is 2.32. The molecule has 21 heavy (non-hydrogen) atoms. The van der Waals surface area contributed by atoms with Crippen molar-refractivity contribution in [1.29, 1.82) is 0 Å². The molecule has 0 spiro atoms. The number of carboxylic acid groups (broad SMARTS) is 1. The summed E-state index contributed by atoms with van der Waals surface area (Å²) in [5, 5.41) is 13.0. The first-order valence-corrected chi connectivity index (χ1v) is 7.09. The summed E-state index contributed by atoms with van der Waals surface area (Å²) in [6, 6.07) is 7.70. The largest absolute Gasteiger partial charge is 0.477 e. The minimum absolute atomic E-state index is 0.0319. The van der Waals surface area contributed by atoms with Crippen molar-refractivity contribution in [3.05, 3.63) is 46.9 Å². The van der Waals surface area contributed by atoms with Crippen molar-refractivity contribution in [3.63, 3.8) is 0 Å². The Morgan fingerprint density at radius 2 is 2.14 bits per heavy atom. The van der Waals surface area contributed by atoms with Crippen LogP contribution in [0.4, 0.5) is 0 Å². The van der Waals surface area contributed by atoms with Gasteiger partial charge in [0.2, 0.25) is 0 Å². The highest BCUT2D eigenvalue weighted by Crippen LogP contribution is 2.26. The topological polar surface area (TPSA) is 75.1 Å². The number of rotatable bonds is 5. The second-order valence-corrected chi connectivity index (χ2v) is 5.46. The fourth-order valence-electron chi connectivity index (χ4n) is 2.02. The molecule has 0 amide bonds. The molecule has 1 fully saturated rings. The normalized spacial score (nSPS) is 14.1. The SMILES string of the molecule is O=C(O)c1cc(-c2ccc(CNC3CC3)c(Cl)c2)ncn1. The molecule has 0 atom stereocenters. The third-order valence-corrected chi connectivity index (χ3v) is 3.75. The first kappa shape index (κ1) is 14.0. The molecule has 3 rings (SSSR count). The van der Waals surface area contributed by atoms with Crippen LogP contribution in [0.3, 0.4) is 0 Å². The van der Waals surface area contributed by atoms with E-state index in [4.69, 9.17) is 16.7 Å². The zero-order chi connectivity index (χ0) is 14.8. The smallest absolute Gasteiger partial charge is 0.354 e. The maximum Gasteiger partial charge on any atom is 0.354 e. The van der Waals surface area contributed by atoms with Crippen molar-refractivity contribution in [1.82, 2.24) is 15.3 Å². The Morgan fingerprint density at radius 3 is 2.81 bits per heavy atom. The summed E-state index contributed by atoms with van der Waals surface area (Å²) in [6.07, 6.45) is 3.71. The van der Waals surface area contributed by atoms with Crippen LogP contribution in [0.2, 0.25) is 5.02 Å². The summed E-state index contributed by atoms with van der Waals surface area (Å²) in [5.74, 6) is -1.07. The molecule has 2 aromatic rings. The van der Waals surface area contributed by atoms with E-state index in [0.717, 1.165) is 17.7 Å². The molecule has 1 aliphatic carbocycles. The van der Waals surface area contributed by atoms with E-state index >= 15 is 0 Å². The quantitative estimate of drug-likeness (QED) is 0.888. The molecule has 6 heteroatoms. The van der Waals surface area contributed by atoms with Gasteiger partial charge >= 0.3 is 5.97 Å². The van der Waals surface area contributed by atoms with Gasteiger partial charge < -0.3 is 10.4 Å². The molecular formula is C15H14ClN3O2. The van der Waals surface area contributed by atoms with E-state index in [1.807, 2.05) is 12.1 Å². The highest BCUT2D eigenvalue weighted by Gasteiger charge is 2.20. The highest BCUT2D eigenvalue weighted by molar-refractivity contribution is 6.31. The van der Waals surface area contributed by atoms with Gasteiger partial charge in [0, 0.05) is 23.2 Å². The minimum atomic E-state index is -1.07. The third kappa shape index (κ3) is 3.37. The second-order valence-electron chi connectivity index (χ2n) is 5.06. The highest BCUT2D eigenvalue weighted by atomic mass is 35.5. The minimum Gasteiger partial charge on any atom is -0.477 e. The van der Waals surface area contributed by atoms with Crippen molar-refractivity contribution in [2.75, 3.05) is 0 Å². The molecule has 1 heterocycles. The molecule has 0 aliphatic heterocycles. The standard InChI is InChI=1S/C15H14ClN3O2/c16-12-5-9(1-2-10(12)7-17-11-3-4-11)13-6-14(15(20)21)19-8-18-13/h1-2,5-6,8,11,17H,3-4,7H2,(H,20,21). The molecule has 1 aliphatic rings. The fraction of sp³-hybridized carbons (Fsp3) is 0.267. The predicted molar refractivity (Wildman–Crippen MR) is 79.3 cm³/mol. The van der Waals surface area contributed by atoms with Gasteiger partial charge in [0.25, 0.3) is 0 Å². The molecule has 0 bridgehead atoms. The number of nitrogens with one attached hydrogen (secondary N) is 1. The molecule has 1 aromatic carbocycles. The molecule has 1 aromatic heterocycles. The summed E-state index contributed by atoms with van der Waals surface area (Å²) >= 11 is 6.29. The molecular weight excluding hydrogens is 290 g/mol. The average Bonchev–Trinajstić information content (AvgIpc) is 3.30. The van der Waals surface area contributed by atoms with Crippen molar-refractivity contribution in [2.24, 2.45) is 0 Å². The summed E-state index contributed by atoms with van der Waals surface area (Å²) in [4.78, 5) is 18.7. The maximum atomic E-state index is 10.9. The molecule has 0 radical (unpaired) electrons. The number of aromatic carboxylic acids is 1. The zero-order valence-electron chi connectivity index (χ0n) is 11.2. The molecule has 1 saturated carbocycles. The Bertz CT molecular complexity index is 686. The monoisotopic (exact) mass is 303 g/mol. The molecule has 108 valence electrons. The number of aromatic nitrogens is 2. The van der Waals surface area contributed by atoms with E-state index in [1.54, 1.807) is 6.07 Å². The van der Waals surface area contributed by atoms with E-state index in [-0.39, 0.29) is 5.69 Å². The fourth-order valence-corrected chi connectivity index (χ4v) is 2.27. The van der Waals surface area contributed by atoms with Crippen LogP contribution in [-0.2, 0) is 6.54 Å². The maximum absolute atomic E-state index is 10.9. The van der Waals surface area contributed by atoms with E-state index in [9.17, 15) is 4.79 Å². The Balaban J connectivity index is 1.83. The van der Waals surface area contributed by atoms with Crippen molar-refractivity contribution < 1.29 is 9.90 Å². The molecule has 5 nitrogen and oxygen atoms in total. The molecule has 2 N–H and O–H groups in total. The zero-order valence-corrected chi connectivity index (χ0v) is 12.0. The number of carboxylic acids is 1. The lowest BCUT2D eigenvalue weighted by Gasteiger charge is -2.08. The Hall–Kier alpha value is -1.98. The van der Waals surface area contributed by atoms with Gasteiger partial charge in [-0.1, -0.05) is 23.7 Å². The van der Waals surface area contributed by atoms with E-state index < -0.39 is 5.97 Å². The van der Waals surface area contributed by atoms with Crippen LogP contribution in [-0.4, -0.2) is 27.1 Å². The van der Waals surface area contributed by atoms with Crippen LogP contribution < -0.4 is 5.32 Å². The Morgan fingerprint density at radius 1 is 1.33 bits per heavy atom. The Kier molecular flexibility index (Phi) is 3.86. The number of hydrogen-bond acceptors (Lipinski definition) is 4. The van der Waals surface area contributed by atoms with Gasteiger partial charge in [-0.2, -0.15) is 0 Å². The van der Waals surface area contributed by atoms with Crippen LogP contribution >= 0.6 is 11.6 Å². The van der Waals surface area contributed by atoms with Crippen molar-refractivity contribution in [3.8, 4) is 11.3 Å². The van der Waals surface area contributed by atoms with Gasteiger partial charge in [-0.15, -0.1) is 0 Å². The number of hydrogen-bond donors (Lipinski definition) is 2. The van der Waals surface area contributed by atoms with Gasteiger partial charge in [-0.3, -0.25) is 0 Å². The number of halogens is 1. The van der Waals surface area contributed by atoms with E-state index in [0.29, 0.717) is 16.8 Å². The van der Waals surface area contributed by atoms with Crippen molar-refractivity contribution in [2.45, 2.75) is 25.4 Å². The van der Waals surface area contributed by atoms with Crippen LogP contribution in [0, 0.1) is 0 Å². The van der Waals surface area contributed by atoms with Gasteiger partial charge in [0.15, 0.2) is 5.69 Å². The lowest BCUT2D eigenvalue weighted by atomic mass is 10.1. The first-order chi connectivity index (χ1) is 10.1. The number of nitrogens with zero attached hydrogens (tertiary/aromatic N) is 2. The summed E-state index contributed by atoms with van der Waals surface area (Å²) < 4.78 is 0. The Labute approximate surface area is 127 Å². The average molecular weight is 304 g/mol. The molecule has 0 unspecified atom stereocenters. The van der Waals surface area contributed by atoms with Crippen molar-refractivity contribution >= 4 is 17.6 Å². The number of carbonyl (C=O) groups is 1. The van der Waals surface area contributed by atoms with Crippen LogP contribution in [0.5, 0.6) is 0 Å². The van der Waals surface area contributed by atoms with Crippen LogP contribution in [0.1, 0.15) is 28.9 Å². The van der Waals surface area contributed by atoms with E-state index in [1.165, 1.54) is 25.2 Å². The third-order valence-electron chi connectivity index (χ3n) is 3.39. The molecule has 0 saturated heterocycles. The number of benzene rings is 1. The van der Waals surface area contributed by atoms with Crippen LogP contribution in [0.15, 0.2) is 30.6 Å². The summed E-state index contributed by atoms with van der Waals surface area (Å²) in [7, 11) is 0.